The summed E-state index contributed by atoms with van der Waals surface area (Å²) >= 11 is 6.52. The number of benzene rings is 2. The lowest BCUT2D eigenvalue weighted by Gasteiger charge is -2.28. The summed E-state index contributed by atoms with van der Waals surface area (Å²) < 4.78 is 32.6. The molecule has 202 valence electrons. The molecule has 0 spiro atoms. The van der Waals surface area contributed by atoms with E-state index in [-0.39, 0.29) is 16.8 Å². The topological polar surface area (TPSA) is 117 Å². The van der Waals surface area contributed by atoms with Crippen molar-refractivity contribution < 1.29 is 17.9 Å². The number of nitrogens with one attached hydrogen (secondary N) is 2. The fraction of sp³-hybridized carbons (Fsp3) is 0.250. The van der Waals surface area contributed by atoms with E-state index >= 15 is 0 Å². The summed E-state index contributed by atoms with van der Waals surface area (Å²) in [5, 5.41) is 5.03. The second-order valence-electron chi connectivity index (χ2n) is 9.24. The molecule has 1 saturated heterocycles. The van der Waals surface area contributed by atoms with Gasteiger partial charge in [0, 0.05) is 42.4 Å². The molecule has 3 heterocycles. The number of para-hydroxylation sites is 1. The minimum atomic E-state index is -3.58. The summed E-state index contributed by atoms with van der Waals surface area (Å²) in [4.78, 5) is 25.3. The van der Waals surface area contributed by atoms with Gasteiger partial charge in [0.1, 0.15) is 29.3 Å². The molecule has 2 aromatic heterocycles. The van der Waals surface area contributed by atoms with Gasteiger partial charge in [-0.3, -0.25) is 4.79 Å². The van der Waals surface area contributed by atoms with Crippen LogP contribution in [-0.4, -0.2) is 52.6 Å². The average Bonchev–Trinajstić information content (AvgIpc) is 3.23. The van der Waals surface area contributed by atoms with Crippen molar-refractivity contribution in [1.29, 1.82) is 0 Å². The molecule has 11 heteroatoms. The number of ketones is 1. The maximum Gasteiger partial charge on any atom is 0.235 e. The summed E-state index contributed by atoms with van der Waals surface area (Å²) in [7, 11) is -3.58. The molecule has 0 amide bonds. The molecular formula is C28H28ClN5O4S. The zero-order chi connectivity index (χ0) is 27.4. The molecule has 1 fully saturated rings. The van der Waals surface area contributed by atoms with Gasteiger partial charge in [-0.1, -0.05) is 49.2 Å². The third kappa shape index (κ3) is 5.83. The molecule has 1 aliphatic heterocycles. The van der Waals surface area contributed by atoms with Crippen molar-refractivity contribution in [3.05, 3.63) is 89.2 Å². The standard InChI is InChI=1S/C28H28ClN5O4S/c1-2-39(36,37)34-14-8-4-5-9-19(34)16-30-27-25-23(17-31-28(25)33-18-32-27)26(35)22-13-12-21(15-24(22)29)38-20-10-6-3-7-11-20/h2-3,6-7,10-13,15,17-19H,1,4-5,8-9,14,16H2,(H2,30,31,32,33). The van der Waals surface area contributed by atoms with Gasteiger partial charge < -0.3 is 15.0 Å². The number of hydrogen-bond acceptors (Lipinski definition) is 7. The number of anilines is 1. The number of sulfonamides is 1. The van der Waals surface area contributed by atoms with Crippen LogP contribution >= 0.6 is 11.6 Å². The Balaban J connectivity index is 1.40. The first-order valence-electron chi connectivity index (χ1n) is 12.6. The monoisotopic (exact) mass is 565 g/mol. The molecule has 0 radical (unpaired) electrons. The van der Waals surface area contributed by atoms with Gasteiger partial charge in [0.2, 0.25) is 10.0 Å². The predicted octanol–water partition coefficient (Wildman–Crippen LogP) is 5.76. The first kappa shape index (κ1) is 26.9. The van der Waals surface area contributed by atoms with E-state index in [0.717, 1.165) is 24.7 Å². The van der Waals surface area contributed by atoms with Gasteiger partial charge in [-0.25, -0.2) is 18.4 Å². The summed E-state index contributed by atoms with van der Waals surface area (Å²) in [5.74, 6) is 1.30. The minimum Gasteiger partial charge on any atom is -0.457 e. The maximum absolute atomic E-state index is 13.6. The Bertz CT molecular complexity index is 1610. The Labute approximate surface area is 231 Å². The lowest BCUT2D eigenvalue weighted by atomic mass is 10.0. The van der Waals surface area contributed by atoms with Crippen LogP contribution in [0.1, 0.15) is 41.6 Å². The van der Waals surface area contributed by atoms with Gasteiger partial charge in [0.25, 0.3) is 0 Å². The highest BCUT2D eigenvalue weighted by atomic mass is 35.5. The van der Waals surface area contributed by atoms with E-state index in [1.54, 1.807) is 24.4 Å². The summed E-state index contributed by atoms with van der Waals surface area (Å²) in [6.07, 6.45) is 6.37. The van der Waals surface area contributed by atoms with Crippen molar-refractivity contribution in [2.45, 2.75) is 31.7 Å². The van der Waals surface area contributed by atoms with Gasteiger partial charge in [-0.2, -0.15) is 4.31 Å². The molecular weight excluding hydrogens is 538 g/mol. The summed E-state index contributed by atoms with van der Waals surface area (Å²) in [6.45, 7) is 4.25. The van der Waals surface area contributed by atoms with Gasteiger partial charge in [0.05, 0.1) is 16.0 Å². The Morgan fingerprint density at radius 3 is 2.72 bits per heavy atom. The van der Waals surface area contributed by atoms with Crippen LogP contribution in [-0.2, 0) is 10.0 Å². The molecule has 2 N–H and O–H groups in total. The molecule has 2 aromatic carbocycles. The zero-order valence-electron chi connectivity index (χ0n) is 21.1. The van der Waals surface area contributed by atoms with E-state index in [0.29, 0.717) is 59.0 Å². The number of aromatic amines is 1. The van der Waals surface area contributed by atoms with Crippen molar-refractivity contribution in [3.8, 4) is 11.5 Å². The number of carbonyl (C=O) groups is 1. The number of aromatic nitrogens is 3. The van der Waals surface area contributed by atoms with Crippen molar-refractivity contribution in [2.24, 2.45) is 0 Å². The van der Waals surface area contributed by atoms with E-state index in [1.165, 1.54) is 10.6 Å². The van der Waals surface area contributed by atoms with Gasteiger partial charge in [-0.15, -0.1) is 0 Å². The SMILES string of the molecule is C=CS(=O)(=O)N1CCCCCC1CNc1ncnc2[nH]cc(C(=O)c3ccc(Oc4ccccc4)cc3Cl)c12. The van der Waals surface area contributed by atoms with Crippen LogP contribution in [0.5, 0.6) is 11.5 Å². The normalized spacial score (nSPS) is 16.5. The van der Waals surface area contributed by atoms with Gasteiger partial charge >= 0.3 is 0 Å². The number of fused-ring (bicyclic) bond motifs is 1. The first-order valence-corrected chi connectivity index (χ1v) is 14.5. The molecule has 1 atom stereocenters. The number of halogens is 1. The number of rotatable bonds is 9. The third-order valence-electron chi connectivity index (χ3n) is 6.74. The maximum atomic E-state index is 13.6. The van der Waals surface area contributed by atoms with Crippen molar-refractivity contribution in [1.82, 2.24) is 19.3 Å². The second-order valence-corrected chi connectivity index (χ2v) is 11.5. The lowest BCUT2D eigenvalue weighted by Crippen LogP contribution is -2.42. The molecule has 4 aromatic rings. The number of hydrogen-bond donors (Lipinski definition) is 2. The minimum absolute atomic E-state index is 0.248. The number of carbonyl (C=O) groups excluding carboxylic acids is 1. The Morgan fingerprint density at radius 2 is 1.95 bits per heavy atom. The Kier molecular flexibility index (Phi) is 7.97. The molecule has 5 rings (SSSR count). The second kappa shape index (κ2) is 11.6. The molecule has 1 unspecified atom stereocenters. The van der Waals surface area contributed by atoms with E-state index in [9.17, 15) is 13.2 Å². The fourth-order valence-electron chi connectivity index (χ4n) is 4.79. The number of nitrogens with zero attached hydrogens (tertiary/aromatic N) is 3. The molecule has 9 nitrogen and oxygen atoms in total. The predicted molar refractivity (Wildman–Crippen MR) is 152 cm³/mol. The van der Waals surface area contributed by atoms with E-state index in [4.69, 9.17) is 16.3 Å². The highest BCUT2D eigenvalue weighted by molar-refractivity contribution is 7.92. The molecule has 0 aliphatic carbocycles. The zero-order valence-corrected chi connectivity index (χ0v) is 22.7. The van der Waals surface area contributed by atoms with Crippen LogP contribution in [0.25, 0.3) is 11.0 Å². The number of ether oxygens (including phenoxy) is 1. The van der Waals surface area contributed by atoms with Crippen LogP contribution in [0.15, 0.2) is 73.0 Å². The summed E-state index contributed by atoms with van der Waals surface area (Å²) in [6, 6.07) is 13.9. The van der Waals surface area contributed by atoms with Crippen molar-refractivity contribution >= 4 is 44.3 Å². The molecule has 0 bridgehead atoms. The van der Waals surface area contributed by atoms with Crippen molar-refractivity contribution in [2.75, 3.05) is 18.4 Å². The largest absolute Gasteiger partial charge is 0.457 e. The Morgan fingerprint density at radius 1 is 1.13 bits per heavy atom. The smallest absolute Gasteiger partial charge is 0.235 e. The third-order valence-corrected chi connectivity index (χ3v) is 8.61. The van der Waals surface area contributed by atoms with E-state index in [1.807, 2.05) is 30.3 Å². The van der Waals surface area contributed by atoms with E-state index in [2.05, 4.69) is 26.8 Å². The Hall–Kier alpha value is -3.73. The average molecular weight is 566 g/mol. The van der Waals surface area contributed by atoms with Crippen LogP contribution in [0, 0.1) is 0 Å². The van der Waals surface area contributed by atoms with E-state index < -0.39 is 10.0 Å². The number of H-pyrrole nitrogens is 1. The van der Waals surface area contributed by atoms with Crippen LogP contribution in [0.3, 0.4) is 0 Å². The van der Waals surface area contributed by atoms with Crippen LogP contribution in [0.4, 0.5) is 5.82 Å². The summed E-state index contributed by atoms with van der Waals surface area (Å²) in [5.41, 5.74) is 1.13. The quantitative estimate of drug-likeness (QED) is 0.248. The molecule has 1 aliphatic rings. The van der Waals surface area contributed by atoms with Crippen molar-refractivity contribution in [3.63, 3.8) is 0 Å². The highest BCUT2D eigenvalue weighted by Gasteiger charge is 2.29. The van der Waals surface area contributed by atoms with Gasteiger partial charge in [-0.05, 0) is 37.1 Å². The fourth-order valence-corrected chi connectivity index (χ4v) is 6.22. The molecule has 0 saturated carbocycles. The van der Waals surface area contributed by atoms with Gasteiger partial charge in [0.15, 0.2) is 5.78 Å². The molecule has 39 heavy (non-hydrogen) atoms. The van der Waals surface area contributed by atoms with Crippen LogP contribution < -0.4 is 10.1 Å². The van der Waals surface area contributed by atoms with Crippen LogP contribution in [0.2, 0.25) is 5.02 Å². The highest BCUT2D eigenvalue weighted by Crippen LogP contribution is 2.31. The first-order chi connectivity index (χ1) is 18.9. The lowest BCUT2D eigenvalue weighted by molar-refractivity contribution is 0.104.